The van der Waals surface area contributed by atoms with Crippen molar-refractivity contribution in [2.45, 2.75) is 31.8 Å². The monoisotopic (exact) mass is 128 g/mol. The number of hydrogen-bond acceptors (Lipinski definition) is 2. The van der Waals surface area contributed by atoms with Gasteiger partial charge in [-0.3, -0.25) is 0 Å². The van der Waals surface area contributed by atoms with Crippen LogP contribution in [0.1, 0.15) is 19.8 Å². The summed E-state index contributed by atoms with van der Waals surface area (Å²) in [6, 6.07) is 1.19. The molecule has 0 spiro atoms. The first kappa shape index (κ1) is 7.03. The van der Waals surface area contributed by atoms with Crippen LogP contribution in [0.25, 0.3) is 0 Å². The van der Waals surface area contributed by atoms with E-state index >= 15 is 0 Å². The Morgan fingerprint density at radius 3 is 2.56 bits per heavy atom. The molecule has 9 heavy (non-hydrogen) atoms. The minimum Gasteiger partial charge on any atom is -0.327 e. The molecule has 0 saturated heterocycles. The third kappa shape index (κ3) is 2.33. The summed E-state index contributed by atoms with van der Waals surface area (Å²) in [5, 5.41) is 0. The van der Waals surface area contributed by atoms with Crippen LogP contribution in [0.5, 0.6) is 0 Å². The average molecular weight is 128 g/mol. The minimum atomic E-state index is 0.329. The lowest BCUT2D eigenvalue weighted by molar-refractivity contribution is 0.307. The van der Waals surface area contributed by atoms with Gasteiger partial charge in [0.15, 0.2) is 0 Å². The van der Waals surface area contributed by atoms with E-state index < -0.39 is 0 Å². The molecule has 0 aromatic carbocycles. The predicted molar refractivity (Wildman–Crippen MR) is 39.3 cm³/mol. The van der Waals surface area contributed by atoms with Gasteiger partial charge in [0.2, 0.25) is 0 Å². The molecule has 0 bridgehead atoms. The standard InChI is InChI=1S/C7H16N2/c1-6(8)5-9(2)7-3-4-7/h6-7H,3-5,8H2,1-2H3. The molecule has 0 radical (unpaired) electrons. The van der Waals surface area contributed by atoms with E-state index in [-0.39, 0.29) is 0 Å². The van der Waals surface area contributed by atoms with Gasteiger partial charge in [-0.15, -0.1) is 0 Å². The SMILES string of the molecule is CC(N)CN(C)C1CC1. The number of likely N-dealkylation sites (N-methyl/N-ethyl adjacent to an activating group) is 1. The van der Waals surface area contributed by atoms with Gasteiger partial charge in [0.05, 0.1) is 0 Å². The molecule has 2 N–H and O–H groups in total. The molecular formula is C7H16N2. The smallest absolute Gasteiger partial charge is 0.0139 e. The predicted octanol–water partition coefficient (Wildman–Crippen LogP) is 0.428. The van der Waals surface area contributed by atoms with E-state index in [9.17, 15) is 0 Å². The molecule has 1 saturated carbocycles. The van der Waals surface area contributed by atoms with Crippen LogP contribution in [0.4, 0.5) is 0 Å². The Bertz CT molecular complexity index is 86.9. The van der Waals surface area contributed by atoms with Crippen LogP contribution < -0.4 is 5.73 Å². The first-order chi connectivity index (χ1) is 4.20. The van der Waals surface area contributed by atoms with Gasteiger partial charge in [0.25, 0.3) is 0 Å². The highest BCUT2D eigenvalue weighted by molar-refractivity contribution is 4.83. The number of hydrogen-bond donors (Lipinski definition) is 1. The third-order valence-corrected chi connectivity index (χ3v) is 1.75. The van der Waals surface area contributed by atoms with Gasteiger partial charge in [0.1, 0.15) is 0 Å². The van der Waals surface area contributed by atoms with E-state index in [1.54, 1.807) is 0 Å². The van der Waals surface area contributed by atoms with Gasteiger partial charge in [-0.05, 0) is 26.8 Å². The van der Waals surface area contributed by atoms with E-state index in [0.29, 0.717) is 6.04 Å². The van der Waals surface area contributed by atoms with Crippen molar-refractivity contribution in [3.63, 3.8) is 0 Å². The van der Waals surface area contributed by atoms with Crippen LogP contribution in [0.3, 0.4) is 0 Å². The second-order valence-electron chi connectivity index (χ2n) is 3.15. The van der Waals surface area contributed by atoms with Crippen molar-refractivity contribution in [1.82, 2.24) is 4.90 Å². The van der Waals surface area contributed by atoms with E-state index in [2.05, 4.69) is 18.9 Å². The lowest BCUT2D eigenvalue weighted by atomic mass is 10.3. The maximum Gasteiger partial charge on any atom is 0.0139 e. The van der Waals surface area contributed by atoms with Gasteiger partial charge in [-0.1, -0.05) is 0 Å². The molecule has 0 aromatic rings. The number of rotatable bonds is 3. The fourth-order valence-electron chi connectivity index (χ4n) is 1.12. The molecule has 54 valence electrons. The zero-order valence-electron chi connectivity index (χ0n) is 6.30. The Hall–Kier alpha value is -0.0800. The van der Waals surface area contributed by atoms with Crippen LogP contribution in [-0.2, 0) is 0 Å². The average Bonchev–Trinajstić information content (AvgIpc) is 2.40. The van der Waals surface area contributed by atoms with Crippen molar-refractivity contribution < 1.29 is 0 Å². The lowest BCUT2D eigenvalue weighted by Crippen LogP contribution is -2.34. The highest BCUT2D eigenvalue weighted by atomic mass is 15.2. The second kappa shape index (κ2) is 2.67. The van der Waals surface area contributed by atoms with Crippen LogP contribution in [-0.4, -0.2) is 30.6 Å². The summed E-state index contributed by atoms with van der Waals surface area (Å²) < 4.78 is 0. The maximum absolute atomic E-state index is 5.62. The fraction of sp³-hybridized carbons (Fsp3) is 1.00. The van der Waals surface area contributed by atoms with Gasteiger partial charge in [-0.25, -0.2) is 0 Å². The summed E-state index contributed by atoms with van der Waals surface area (Å²) in [6.07, 6.45) is 2.76. The van der Waals surface area contributed by atoms with Crippen LogP contribution >= 0.6 is 0 Å². The fourth-order valence-corrected chi connectivity index (χ4v) is 1.12. The van der Waals surface area contributed by atoms with E-state index in [1.165, 1.54) is 12.8 Å². The van der Waals surface area contributed by atoms with Crippen LogP contribution in [0, 0.1) is 0 Å². The topological polar surface area (TPSA) is 29.3 Å². The van der Waals surface area contributed by atoms with Crippen molar-refractivity contribution >= 4 is 0 Å². The number of nitrogens with two attached hydrogens (primary N) is 1. The van der Waals surface area contributed by atoms with Crippen molar-refractivity contribution in [1.29, 1.82) is 0 Å². The van der Waals surface area contributed by atoms with Gasteiger partial charge in [0, 0.05) is 18.6 Å². The summed E-state index contributed by atoms with van der Waals surface area (Å²) in [5.74, 6) is 0. The molecule has 1 rings (SSSR count). The second-order valence-corrected chi connectivity index (χ2v) is 3.15. The zero-order valence-corrected chi connectivity index (χ0v) is 6.30. The molecule has 1 aliphatic carbocycles. The molecule has 1 aliphatic rings. The van der Waals surface area contributed by atoms with Crippen molar-refractivity contribution in [3.05, 3.63) is 0 Å². The van der Waals surface area contributed by atoms with Gasteiger partial charge in [-0.2, -0.15) is 0 Å². The Balaban J connectivity index is 2.10. The minimum absolute atomic E-state index is 0.329. The molecule has 1 fully saturated rings. The Kier molecular flexibility index (Phi) is 2.09. The first-order valence-corrected chi connectivity index (χ1v) is 3.66. The highest BCUT2D eigenvalue weighted by Gasteiger charge is 2.25. The summed E-state index contributed by atoms with van der Waals surface area (Å²) in [4.78, 5) is 2.35. The van der Waals surface area contributed by atoms with Crippen LogP contribution in [0.15, 0.2) is 0 Å². The number of nitrogens with zero attached hydrogens (tertiary/aromatic N) is 1. The van der Waals surface area contributed by atoms with E-state index in [4.69, 9.17) is 5.73 Å². The third-order valence-electron chi connectivity index (χ3n) is 1.75. The molecule has 1 atom stereocenters. The molecule has 2 heteroatoms. The van der Waals surface area contributed by atoms with Crippen molar-refractivity contribution in [2.75, 3.05) is 13.6 Å². The first-order valence-electron chi connectivity index (χ1n) is 3.66. The Labute approximate surface area is 57.0 Å². The maximum atomic E-state index is 5.62. The normalized spacial score (nSPS) is 22.7. The molecule has 0 amide bonds. The van der Waals surface area contributed by atoms with Crippen molar-refractivity contribution in [2.24, 2.45) is 5.73 Å². The summed E-state index contributed by atoms with van der Waals surface area (Å²) in [7, 11) is 2.15. The summed E-state index contributed by atoms with van der Waals surface area (Å²) in [5.41, 5.74) is 5.62. The Morgan fingerprint density at radius 1 is 1.67 bits per heavy atom. The van der Waals surface area contributed by atoms with E-state index in [0.717, 1.165) is 12.6 Å². The zero-order chi connectivity index (χ0) is 6.85. The van der Waals surface area contributed by atoms with Gasteiger partial charge >= 0.3 is 0 Å². The van der Waals surface area contributed by atoms with Crippen LogP contribution in [0.2, 0.25) is 0 Å². The quantitative estimate of drug-likeness (QED) is 0.597. The van der Waals surface area contributed by atoms with E-state index in [1.807, 2.05) is 0 Å². The molecular weight excluding hydrogens is 112 g/mol. The van der Waals surface area contributed by atoms with Crippen molar-refractivity contribution in [3.8, 4) is 0 Å². The highest BCUT2D eigenvalue weighted by Crippen LogP contribution is 2.24. The molecule has 0 heterocycles. The summed E-state index contributed by atoms with van der Waals surface area (Å²) in [6.45, 7) is 3.10. The molecule has 0 aromatic heterocycles. The Morgan fingerprint density at radius 2 is 2.22 bits per heavy atom. The lowest BCUT2D eigenvalue weighted by Gasteiger charge is -2.17. The summed E-state index contributed by atoms with van der Waals surface area (Å²) >= 11 is 0. The van der Waals surface area contributed by atoms with Gasteiger partial charge < -0.3 is 10.6 Å². The molecule has 1 unspecified atom stereocenters. The molecule has 0 aliphatic heterocycles. The largest absolute Gasteiger partial charge is 0.327 e. The molecule has 2 nitrogen and oxygen atoms in total.